The molecule has 3 heteroatoms. The van der Waals surface area contributed by atoms with E-state index in [-0.39, 0.29) is 5.82 Å². The third kappa shape index (κ3) is 2.40. The number of fused-ring (bicyclic) bond motifs is 1. The Morgan fingerprint density at radius 3 is 2.65 bits per heavy atom. The normalized spacial score (nSPS) is 10.9. The van der Waals surface area contributed by atoms with Crippen LogP contribution in [0.15, 0.2) is 54.7 Å². The number of benzene rings is 2. The molecule has 3 aromatic rings. The fourth-order valence-electron chi connectivity index (χ4n) is 2.38. The first-order chi connectivity index (χ1) is 9.78. The molecule has 0 atom stereocenters. The molecule has 0 radical (unpaired) electrons. The zero-order valence-corrected chi connectivity index (χ0v) is 11.0. The molecule has 0 aliphatic heterocycles. The fraction of sp³-hybridized carbons (Fsp3) is 0.118. The highest BCUT2D eigenvalue weighted by Crippen LogP contribution is 2.21. The number of aromatic nitrogens is 1. The minimum Gasteiger partial charge on any atom is -0.326 e. The zero-order chi connectivity index (χ0) is 13.9. The van der Waals surface area contributed by atoms with Crippen LogP contribution in [0.4, 0.5) is 4.39 Å². The lowest BCUT2D eigenvalue weighted by atomic mass is 10.00. The lowest BCUT2D eigenvalue weighted by molar-refractivity contribution is 0.612. The maximum absolute atomic E-state index is 14.1. The molecule has 0 amide bonds. The number of hydrogen-bond acceptors (Lipinski definition) is 2. The van der Waals surface area contributed by atoms with Crippen molar-refractivity contribution in [1.29, 1.82) is 0 Å². The third-order valence-electron chi connectivity index (χ3n) is 3.47. The summed E-state index contributed by atoms with van der Waals surface area (Å²) in [4.78, 5) is 4.32. The van der Waals surface area contributed by atoms with Crippen molar-refractivity contribution in [2.45, 2.75) is 13.0 Å². The number of pyridine rings is 1. The van der Waals surface area contributed by atoms with E-state index in [4.69, 9.17) is 5.73 Å². The van der Waals surface area contributed by atoms with Crippen LogP contribution in [0, 0.1) is 5.82 Å². The maximum Gasteiger partial charge on any atom is 0.127 e. The van der Waals surface area contributed by atoms with Gasteiger partial charge in [-0.15, -0.1) is 0 Å². The summed E-state index contributed by atoms with van der Waals surface area (Å²) in [6.07, 6.45) is 2.32. The van der Waals surface area contributed by atoms with Crippen LogP contribution < -0.4 is 5.73 Å². The van der Waals surface area contributed by atoms with Crippen LogP contribution in [0.1, 0.15) is 16.7 Å². The van der Waals surface area contributed by atoms with E-state index >= 15 is 0 Å². The number of rotatable bonds is 3. The highest BCUT2D eigenvalue weighted by molar-refractivity contribution is 5.82. The van der Waals surface area contributed by atoms with E-state index in [0.29, 0.717) is 18.5 Å². The van der Waals surface area contributed by atoms with E-state index in [9.17, 15) is 4.39 Å². The van der Waals surface area contributed by atoms with Crippen molar-refractivity contribution in [2.24, 2.45) is 5.73 Å². The smallest absolute Gasteiger partial charge is 0.127 e. The van der Waals surface area contributed by atoms with Gasteiger partial charge < -0.3 is 5.73 Å². The Balaban J connectivity index is 2.01. The lowest BCUT2D eigenvalue weighted by Gasteiger charge is -2.08. The minimum atomic E-state index is -0.200. The van der Waals surface area contributed by atoms with Gasteiger partial charge in [0, 0.05) is 24.5 Å². The molecule has 0 spiro atoms. The Morgan fingerprint density at radius 1 is 1.00 bits per heavy atom. The van der Waals surface area contributed by atoms with Gasteiger partial charge in [-0.1, -0.05) is 30.3 Å². The van der Waals surface area contributed by atoms with Crippen molar-refractivity contribution in [3.05, 3.63) is 77.2 Å². The van der Waals surface area contributed by atoms with Gasteiger partial charge in [0.2, 0.25) is 0 Å². The van der Waals surface area contributed by atoms with Gasteiger partial charge in [-0.2, -0.15) is 0 Å². The minimum absolute atomic E-state index is 0.200. The Kier molecular flexibility index (Phi) is 3.44. The molecule has 0 fully saturated rings. The largest absolute Gasteiger partial charge is 0.326 e. The molecule has 0 aliphatic rings. The summed E-state index contributed by atoms with van der Waals surface area (Å²) in [7, 11) is 0. The lowest BCUT2D eigenvalue weighted by Crippen LogP contribution is -2.00. The summed E-state index contributed by atoms with van der Waals surface area (Å²) >= 11 is 0. The summed E-state index contributed by atoms with van der Waals surface area (Å²) in [6, 6.07) is 15.1. The van der Waals surface area contributed by atoms with E-state index in [2.05, 4.69) is 4.98 Å². The number of halogens is 1. The van der Waals surface area contributed by atoms with Crippen LogP contribution in [0.2, 0.25) is 0 Å². The van der Waals surface area contributed by atoms with Gasteiger partial charge in [-0.05, 0) is 34.9 Å². The molecule has 2 N–H and O–H groups in total. The number of para-hydroxylation sites is 1. The molecule has 0 unspecified atom stereocenters. The van der Waals surface area contributed by atoms with Crippen LogP contribution in [0.25, 0.3) is 10.9 Å². The Bertz CT molecular complexity index is 748. The van der Waals surface area contributed by atoms with E-state index in [1.807, 2.05) is 42.5 Å². The zero-order valence-electron chi connectivity index (χ0n) is 11.0. The molecule has 0 saturated heterocycles. The second-order valence-corrected chi connectivity index (χ2v) is 4.79. The van der Waals surface area contributed by atoms with E-state index in [1.165, 1.54) is 6.07 Å². The molecule has 1 heterocycles. The highest BCUT2D eigenvalue weighted by atomic mass is 19.1. The van der Waals surface area contributed by atoms with Crippen molar-refractivity contribution < 1.29 is 4.39 Å². The van der Waals surface area contributed by atoms with Gasteiger partial charge in [0.05, 0.1) is 5.52 Å². The van der Waals surface area contributed by atoms with Crippen LogP contribution >= 0.6 is 0 Å². The first-order valence-corrected chi connectivity index (χ1v) is 6.58. The predicted molar refractivity (Wildman–Crippen MR) is 78.8 cm³/mol. The monoisotopic (exact) mass is 266 g/mol. The van der Waals surface area contributed by atoms with Gasteiger partial charge in [0.25, 0.3) is 0 Å². The van der Waals surface area contributed by atoms with Gasteiger partial charge in [0.15, 0.2) is 0 Å². The van der Waals surface area contributed by atoms with Crippen molar-refractivity contribution in [3.8, 4) is 0 Å². The fourth-order valence-corrected chi connectivity index (χ4v) is 2.38. The Labute approximate surface area is 117 Å². The molecule has 3 rings (SSSR count). The summed E-state index contributed by atoms with van der Waals surface area (Å²) in [6.45, 7) is 0.357. The van der Waals surface area contributed by atoms with Gasteiger partial charge in [-0.3, -0.25) is 4.98 Å². The average molecular weight is 266 g/mol. The predicted octanol–water partition coefficient (Wildman–Crippen LogP) is 3.42. The topological polar surface area (TPSA) is 38.9 Å². The van der Waals surface area contributed by atoms with Crippen LogP contribution in [-0.4, -0.2) is 4.98 Å². The molecule has 100 valence electrons. The van der Waals surface area contributed by atoms with Crippen LogP contribution in [0.5, 0.6) is 0 Å². The maximum atomic E-state index is 14.1. The summed E-state index contributed by atoms with van der Waals surface area (Å²) in [5.74, 6) is -0.200. The average Bonchev–Trinajstić information content (AvgIpc) is 2.49. The number of nitrogens with zero attached hydrogens (tertiary/aromatic N) is 1. The number of nitrogens with two attached hydrogens (primary N) is 1. The first kappa shape index (κ1) is 12.8. The van der Waals surface area contributed by atoms with Crippen molar-refractivity contribution in [1.82, 2.24) is 4.98 Å². The molecule has 20 heavy (non-hydrogen) atoms. The van der Waals surface area contributed by atoms with E-state index < -0.39 is 0 Å². The van der Waals surface area contributed by atoms with E-state index in [1.54, 1.807) is 6.20 Å². The Hall–Kier alpha value is -2.26. The molecule has 0 aliphatic carbocycles. The van der Waals surface area contributed by atoms with Crippen LogP contribution in [0.3, 0.4) is 0 Å². The molecule has 0 saturated carbocycles. The van der Waals surface area contributed by atoms with Crippen molar-refractivity contribution in [2.75, 3.05) is 0 Å². The Morgan fingerprint density at radius 2 is 1.85 bits per heavy atom. The molecule has 1 aromatic heterocycles. The standard InChI is InChI=1S/C17H15FN2/c18-16-9-12(11-19)5-6-14(16)10-13-7-8-20-17-4-2-1-3-15(13)17/h1-9H,10-11,19H2. The van der Waals surface area contributed by atoms with Crippen molar-refractivity contribution in [3.63, 3.8) is 0 Å². The second-order valence-electron chi connectivity index (χ2n) is 4.79. The molecular weight excluding hydrogens is 251 g/mol. The first-order valence-electron chi connectivity index (χ1n) is 6.58. The summed E-state index contributed by atoms with van der Waals surface area (Å²) in [5.41, 5.74) is 9.02. The van der Waals surface area contributed by atoms with Crippen LogP contribution in [-0.2, 0) is 13.0 Å². The molecule has 0 bridgehead atoms. The second kappa shape index (κ2) is 5.39. The molecule has 2 aromatic carbocycles. The highest BCUT2D eigenvalue weighted by Gasteiger charge is 2.07. The summed E-state index contributed by atoms with van der Waals surface area (Å²) < 4.78 is 14.1. The summed E-state index contributed by atoms with van der Waals surface area (Å²) in [5, 5.41) is 1.07. The SMILES string of the molecule is NCc1ccc(Cc2ccnc3ccccc23)c(F)c1. The van der Waals surface area contributed by atoms with Crippen molar-refractivity contribution >= 4 is 10.9 Å². The molecule has 2 nitrogen and oxygen atoms in total. The van der Waals surface area contributed by atoms with Gasteiger partial charge in [-0.25, -0.2) is 4.39 Å². The van der Waals surface area contributed by atoms with Gasteiger partial charge in [0.1, 0.15) is 5.82 Å². The quantitative estimate of drug-likeness (QED) is 0.789. The van der Waals surface area contributed by atoms with E-state index in [0.717, 1.165) is 22.0 Å². The number of hydrogen-bond donors (Lipinski definition) is 1. The molecular formula is C17H15FN2. The van der Waals surface area contributed by atoms with Gasteiger partial charge >= 0.3 is 0 Å². The third-order valence-corrected chi connectivity index (χ3v) is 3.47.